The Hall–Kier alpha value is -2.95. The first-order valence-corrected chi connectivity index (χ1v) is 8.84. The van der Waals surface area contributed by atoms with Gasteiger partial charge in [0.25, 0.3) is 0 Å². The summed E-state index contributed by atoms with van der Waals surface area (Å²) in [7, 11) is 0. The van der Waals surface area contributed by atoms with Crippen molar-refractivity contribution < 1.29 is 4.39 Å². The van der Waals surface area contributed by atoms with E-state index in [9.17, 15) is 4.39 Å². The second kappa shape index (κ2) is 7.12. The van der Waals surface area contributed by atoms with Gasteiger partial charge in [-0.3, -0.25) is 0 Å². The molecule has 0 atom stereocenters. The van der Waals surface area contributed by atoms with Gasteiger partial charge in [-0.25, -0.2) is 9.37 Å². The Bertz CT molecular complexity index is 925. The molecule has 1 aromatic heterocycles. The Labute approximate surface area is 152 Å². The van der Waals surface area contributed by atoms with Gasteiger partial charge in [0.2, 0.25) is 5.95 Å². The predicted molar refractivity (Wildman–Crippen MR) is 102 cm³/mol. The van der Waals surface area contributed by atoms with Crippen LogP contribution in [0.15, 0.2) is 54.6 Å². The van der Waals surface area contributed by atoms with Crippen LogP contribution in [0.4, 0.5) is 16.2 Å². The molecular weight excluding hydrogens is 327 g/mol. The van der Waals surface area contributed by atoms with Gasteiger partial charge in [-0.2, -0.15) is 4.98 Å². The van der Waals surface area contributed by atoms with Gasteiger partial charge in [-0.1, -0.05) is 42.5 Å². The molecule has 5 heteroatoms. The van der Waals surface area contributed by atoms with Crippen LogP contribution in [0.3, 0.4) is 0 Å². The molecule has 4 nitrogen and oxygen atoms in total. The molecule has 26 heavy (non-hydrogen) atoms. The van der Waals surface area contributed by atoms with Crippen LogP contribution in [0, 0.1) is 12.7 Å². The molecular formula is C21H21FN4. The van der Waals surface area contributed by atoms with E-state index in [1.54, 1.807) is 12.1 Å². The standard InChI is InChI=1S/C21H21FN4/c1-15-12-20(23-13-17-7-4-5-9-19(17)22)25-21(24-15)26-11-10-16-6-2-3-8-18(16)14-26/h2-9,12H,10-11,13-14H2,1H3,(H,23,24,25). The van der Waals surface area contributed by atoms with Crippen LogP contribution in [0.1, 0.15) is 22.4 Å². The van der Waals surface area contributed by atoms with E-state index in [0.29, 0.717) is 12.1 Å². The molecule has 1 N–H and O–H groups in total. The molecule has 1 aliphatic rings. The number of rotatable bonds is 4. The predicted octanol–water partition coefficient (Wildman–Crippen LogP) is 4.10. The lowest BCUT2D eigenvalue weighted by Crippen LogP contribution is -2.32. The van der Waals surface area contributed by atoms with Crippen molar-refractivity contribution in [3.8, 4) is 0 Å². The zero-order chi connectivity index (χ0) is 17.9. The number of aromatic nitrogens is 2. The highest BCUT2D eigenvalue weighted by atomic mass is 19.1. The third kappa shape index (κ3) is 3.52. The molecule has 0 aliphatic carbocycles. The maximum Gasteiger partial charge on any atom is 0.227 e. The van der Waals surface area contributed by atoms with E-state index in [1.807, 2.05) is 19.1 Å². The molecule has 0 saturated carbocycles. The number of fused-ring (bicyclic) bond motifs is 1. The summed E-state index contributed by atoms with van der Waals surface area (Å²) in [6.45, 7) is 4.06. The van der Waals surface area contributed by atoms with Crippen LogP contribution in [-0.4, -0.2) is 16.5 Å². The smallest absolute Gasteiger partial charge is 0.227 e. The van der Waals surface area contributed by atoms with Crippen molar-refractivity contribution in [2.24, 2.45) is 0 Å². The molecule has 0 bridgehead atoms. The number of nitrogens with zero attached hydrogens (tertiary/aromatic N) is 3. The van der Waals surface area contributed by atoms with Crippen LogP contribution in [0.5, 0.6) is 0 Å². The minimum absolute atomic E-state index is 0.210. The van der Waals surface area contributed by atoms with E-state index >= 15 is 0 Å². The minimum atomic E-state index is -0.210. The molecule has 2 aromatic carbocycles. The van der Waals surface area contributed by atoms with E-state index in [4.69, 9.17) is 0 Å². The lowest BCUT2D eigenvalue weighted by molar-refractivity contribution is 0.613. The molecule has 4 rings (SSSR count). The average molecular weight is 348 g/mol. The Morgan fingerprint density at radius 2 is 1.81 bits per heavy atom. The molecule has 0 fully saturated rings. The third-order valence-electron chi connectivity index (χ3n) is 4.67. The number of halogens is 1. The fourth-order valence-corrected chi connectivity index (χ4v) is 3.28. The molecule has 1 aliphatic heterocycles. The summed E-state index contributed by atoms with van der Waals surface area (Å²) < 4.78 is 13.8. The van der Waals surface area contributed by atoms with Gasteiger partial charge in [0.05, 0.1) is 0 Å². The van der Waals surface area contributed by atoms with Crippen molar-refractivity contribution in [1.82, 2.24) is 9.97 Å². The summed E-state index contributed by atoms with van der Waals surface area (Å²) >= 11 is 0. The number of aryl methyl sites for hydroxylation is 1. The monoisotopic (exact) mass is 348 g/mol. The van der Waals surface area contributed by atoms with E-state index in [1.165, 1.54) is 17.2 Å². The van der Waals surface area contributed by atoms with Gasteiger partial charge in [-0.15, -0.1) is 0 Å². The zero-order valence-electron chi connectivity index (χ0n) is 14.7. The van der Waals surface area contributed by atoms with Gasteiger partial charge in [0.15, 0.2) is 0 Å². The SMILES string of the molecule is Cc1cc(NCc2ccccc2F)nc(N2CCc3ccccc3C2)n1. The molecule has 0 unspecified atom stereocenters. The Morgan fingerprint density at radius 1 is 1.04 bits per heavy atom. The number of benzene rings is 2. The summed E-state index contributed by atoms with van der Waals surface area (Å²) in [4.78, 5) is 11.5. The molecule has 3 aromatic rings. The first kappa shape index (κ1) is 16.5. The van der Waals surface area contributed by atoms with Crippen molar-refractivity contribution in [2.75, 3.05) is 16.8 Å². The van der Waals surface area contributed by atoms with Gasteiger partial charge in [0, 0.05) is 37.0 Å². The van der Waals surface area contributed by atoms with E-state index < -0.39 is 0 Å². The van der Waals surface area contributed by atoms with E-state index in [0.717, 1.165) is 37.0 Å². The number of nitrogens with one attached hydrogen (secondary N) is 1. The van der Waals surface area contributed by atoms with Crippen molar-refractivity contribution in [1.29, 1.82) is 0 Å². The average Bonchev–Trinajstić information content (AvgIpc) is 2.66. The van der Waals surface area contributed by atoms with Crippen molar-refractivity contribution >= 4 is 11.8 Å². The second-order valence-corrected chi connectivity index (χ2v) is 6.58. The summed E-state index contributed by atoms with van der Waals surface area (Å²) in [6.07, 6.45) is 0.992. The highest BCUT2D eigenvalue weighted by Gasteiger charge is 2.18. The summed E-state index contributed by atoms with van der Waals surface area (Å²) in [5, 5.41) is 3.22. The summed E-state index contributed by atoms with van der Waals surface area (Å²) in [5.74, 6) is 1.23. The Kier molecular flexibility index (Phi) is 4.52. The maximum atomic E-state index is 13.8. The Morgan fingerprint density at radius 3 is 2.65 bits per heavy atom. The van der Waals surface area contributed by atoms with Gasteiger partial charge in [-0.05, 0) is 30.5 Å². The molecule has 132 valence electrons. The summed E-state index contributed by atoms with van der Waals surface area (Å²) in [5.41, 5.74) is 4.24. The maximum absolute atomic E-state index is 13.8. The second-order valence-electron chi connectivity index (χ2n) is 6.58. The Balaban J connectivity index is 1.52. The van der Waals surface area contributed by atoms with Crippen molar-refractivity contribution in [3.05, 3.63) is 82.8 Å². The van der Waals surface area contributed by atoms with Gasteiger partial charge in [0.1, 0.15) is 11.6 Å². The lowest BCUT2D eigenvalue weighted by atomic mass is 10.0. The third-order valence-corrected chi connectivity index (χ3v) is 4.67. The van der Waals surface area contributed by atoms with Crippen LogP contribution in [-0.2, 0) is 19.5 Å². The van der Waals surface area contributed by atoms with Crippen molar-refractivity contribution in [2.45, 2.75) is 26.4 Å². The number of anilines is 2. The minimum Gasteiger partial charge on any atom is -0.366 e. The lowest BCUT2D eigenvalue weighted by Gasteiger charge is -2.29. The topological polar surface area (TPSA) is 41.1 Å². The number of hydrogen-bond donors (Lipinski definition) is 1. The first-order valence-electron chi connectivity index (χ1n) is 8.84. The number of hydrogen-bond acceptors (Lipinski definition) is 4. The molecule has 0 spiro atoms. The quantitative estimate of drug-likeness (QED) is 0.771. The van der Waals surface area contributed by atoms with Crippen molar-refractivity contribution in [3.63, 3.8) is 0 Å². The van der Waals surface area contributed by atoms with Crippen LogP contribution in [0.25, 0.3) is 0 Å². The normalized spacial score (nSPS) is 13.4. The molecule has 2 heterocycles. The fourth-order valence-electron chi connectivity index (χ4n) is 3.28. The fraction of sp³-hybridized carbons (Fsp3) is 0.238. The summed E-state index contributed by atoms with van der Waals surface area (Å²) in [6, 6.07) is 17.2. The van der Waals surface area contributed by atoms with Crippen LogP contribution >= 0.6 is 0 Å². The van der Waals surface area contributed by atoms with Crippen LogP contribution < -0.4 is 10.2 Å². The van der Waals surface area contributed by atoms with E-state index in [-0.39, 0.29) is 5.82 Å². The van der Waals surface area contributed by atoms with Gasteiger partial charge < -0.3 is 10.2 Å². The van der Waals surface area contributed by atoms with Crippen LogP contribution in [0.2, 0.25) is 0 Å². The zero-order valence-corrected chi connectivity index (χ0v) is 14.7. The highest BCUT2D eigenvalue weighted by molar-refractivity contribution is 5.46. The molecule has 0 radical (unpaired) electrons. The molecule has 0 saturated heterocycles. The van der Waals surface area contributed by atoms with Gasteiger partial charge >= 0.3 is 0 Å². The molecule has 0 amide bonds. The first-order chi connectivity index (χ1) is 12.7. The largest absolute Gasteiger partial charge is 0.366 e. The van der Waals surface area contributed by atoms with E-state index in [2.05, 4.69) is 44.5 Å². The highest BCUT2D eigenvalue weighted by Crippen LogP contribution is 2.23.